The summed E-state index contributed by atoms with van der Waals surface area (Å²) in [5.41, 5.74) is 1.06. The first-order chi connectivity index (χ1) is 9.96. The van der Waals surface area contributed by atoms with Crippen LogP contribution >= 0.6 is 0 Å². The van der Waals surface area contributed by atoms with Gasteiger partial charge in [-0.25, -0.2) is 0 Å². The molecule has 0 aliphatic rings. The summed E-state index contributed by atoms with van der Waals surface area (Å²) in [5.74, 6) is -3.00. The molecule has 0 spiro atoms. The maximum absolute atomic E-state index is 12.0. The lowest BCUT2D eigenvalue weighted by Gasteiger charge is -2.19. The smallest absolute Gasteiger partial charge is 0.323 e. The van der Waals surface area contributed by atoms with E-state index in [9.17, 15) is 14.7 Å². The van der Waals surface area contributed by atoms with Crippen molar-refractivity contribution in [1.29, 1.82) is 0 Å². The third-order valence-corrected chi connectivity index (χ3v) is 2.99. The van der Waals surface area contributed by atoms with Gasteiger partial charge in [0.15, 0.2) is 5.92 Å². The van der Waals surface area contributed by atoms with Gasteiger partial charge in [0, 0.05) is 18.8 Å². The highest BCUT2D eigenvalue weighted by Crippen LogP contribution is 2.27. The number of aliphatic hydroxyl groups excluding tert-OH is 1. The number of rotatable bonds is 7. The molecule has 0 aliphatic carbocycles. The Morgan fingerprint density at radius 3 is 2.19 bits per heavy atom. The minimum absolute atomic E-state index is 0.120. The fraction of sp³-hybridized carbons (Fsp3) is 0.643. The van der Waals surface area contributed by atoms with Crippen LogP contribution < -0.4 is 0 Å². The van der Waals surface area contributed by atoms with Crippen molar-refractivity contribution in [3.05, 3.63) is 17.5 Å². The molecule has 1 unspecified atom stereocenters. The van der Waals surface area contributed by atoms with Gasteiger partial charge in [-0.1, -0.05) is 6.92 Å². The van der Waals surface area contributed by atoms with Crippen LogP contribution in [0.4, 0.5) is 0 Å². The van der Waals surface area contributed by atoms with Crippen molar-refractivity contribution in [3.63, 3.8) is 0 Å². The monoisotopic (exact) mass is 298 g/mol. The molecule has 1 rings (SSSR count). The molecule has 0 radical (unpaired) electrons. The molecule has 1 heterocycles. The Morgan fingerprint density at radius 1 is 1.24 bits per heavy atom. The average molecular weight is 298 g/mol. The second-order valence-corrected chi connectivity index (χ2v) is 4.48. The van der Waals surface area contributed by atoms with E-state index in [1.54, 1.807) is 27.1 Å². The molecule has 7 heteroatoms. The molecule has 21 heavy (non-hydrogen) atoms. The summed E-state index contributed by atoms with van der Waals surface area (Å²) < 4.78 is 11.3. The zero-order valence-electron chi connectivity index (χ0n) is 12.8. The number of hydrogen-bond acceptors (Lipinski definition) is 6. The van der Waals surface area contributed by atoms with Gasteiger partial charge in [-0.2, -0.15) is 5.10 Å². The minimum atomic E-state index is -1.40. The molecule has 1 aromatic rings. The second-order valence-electron chi connectivity index (χ2n) is 4.48. The van der Waals surface area contributed by atoms with E-state index in [0.29, 0.717) is 17.7 Å². The van der Waals surface area contributed by atoms with Crippen LogP contribution in [0.1, 0.15) is 38.1 Å². The molecule has 0 amide bonds. The quantitative estimate of drug-likeness (QED) is 0.590. The molecule has 0 saturated heterocycles. The van der Waals surface area contributed by atoms with E-state index < -0.39 is 24.0 Å². The summed E-state index contributed by atoms with van der Waals surface area (Å²) in [6, 6.07) is 0. The average Bonchev–Trinajstić information content (AvgIpc) is 2.80. The summed E-state index contributed by atoms with van der Waals surface area (Å²) in [6.07, 6.45) is 0.826. The highest BCUT2D eigenvalue weighted by atomic mass is 16.6. The van der Waals surface area contributed by atoms with Gasteiger partial charge in [0.2, 0.25) is 0 Å². The number of carbonyl (C=O) groups is 2. The zero-order valence-corrected chi connectivity index (χ0v) is 12.8. The molecule has 0 bridgehead atoms. The van der Waals surface area contributed by atoms with E-state index in [2.05, 4.69) is 5.10 Å². The second kappa shape index (κ2) is 7.78. The number of aryl methyl sites for hydroxylation is 2. The Balaban J connectivity index is 3.11. The van der Waals surface area contributed by atoms with Crippen molar-refractivity contribution in [3.8, 4) is 0 Å². The van der Waals surface area contributed by atoms with Gasteiger partial charge in [0.25, 0.3) is 0 Å². The number of aliphatic hydroxyl groups is 1. The van der Waals surface area contributed by atoms with Gasteiger partial charge in [-0.3, -0.25) is 14.3 Å². The molecule has 0 fully saturated rings. The zero-order chi connectivity index (χ0) is 16.0. The van der Waals surface area contributed by atoms with E-state index in [0.717, 1.165) is 0 Å². The van der Waals surface area contributed by atoms with Crippen molar-refractivity contribution in [2.24, 2.45) is 13.0 Å². The molecule has 7 nitrogen and oxygen atoms in total. The van der Waals surface area contributed by atoms with E-state index >= 15 is 0 Å². The predicted molar refractivity (Wildman–Crippen MR) is 74.3 cm³/mol. The number of nitrogens with zero attached hydrogens (tertiary/aromatic N) is 2. The van der Waals surface area contributed by atoms with Gasteiger partial charge in [0.05, 0.1) is 18.9 Å². The third-order valence-electron chi connectivity index (χ3n) is 2.99. The van der Waals surface area contributed by atoms with Crippen LogP contribution in [0.15, 0.2) is 6.20 Å². The molecular formula is C14H22N2O5. The summed E-state index contributed by atoms with van der Waals surface area (Å²) >= 11 is 0. The molecular weight excluding hydrogens is 276 g/mol. The Kier molecular flexibility index (Phi) is 6.36. The van der Waals surface area contributed by atoms with E-state index in [1.165, 1.54) is 4.68 Å². The lowest BCUT2D eigenvalue weighted by molar-refractivity contribution is -0.167. The van der Waals surface area contributed by atoms with Crippen molar-refractivity contribution in [2.45, 2.75) is 33.3 Å². The van der Waals surface area contributed by atoms with Crippen LogP contribution in [-0.4, -0.2) is 40.0 Å². The lowest BCUT2D eigenvalue weighted by atomic mass is 9.95. The van der Waals surface area contributed by atoms with Gasteiger partial charge < -0.3 is 14.6 Å². The number of carbonyl (C=O) groups excluding carboxylic acids is 2. The van der Waals surface area contributed by atoms with E-state index in [1.807, 2.05) is 6.92 Å². The van der Waals surface area contributed by atoms with Crippen LogP contribution in [0.2, 0.25) is 0 Å². The van der Waals surface area contributed by atoms with Crippen molar-refractivity contribution < 1.29 is 24.2 Å². The van der Waals surface area contributed by atoms with Crippen LogP contribution in [0.3, 0.4) is 0 Å². The Labute approximate surface area is 123 Å². The number of hydrogen-bond donors (Lipinski definition) is 1. The van der Waals surface area contributed by atoms with Gasteiger partial charge in [0.1, 0.15) is 6.10 Å². The Bertz CT molecular complexity index is 480. The molecule has 1 atom stereocenters. The van der Waals surface area contributed by atoms with Crippen molar-refractivity contribution in [2.75, 3.05) is 13.2 Å². The van der Waals surface area contributed by atoms with Crippen LogP contribution in [0, 0.1) is 5.92 Å². The first-order valence-electron chi connectivity index (χ1n) is 6.99. The highest BCUT2D eigenvalue weighted by molar-refractivity contribution is 5.95. The molecule has 118 valence electrons. The molecule has 1 N–H and O–H groups in total. The minimum Gasteiger partial charge on any atom is -0.465 e. The van der Waals surface area contributed by atoms with Crippen LogP contribution in [0.25, 0.3) is 0 Å². The predicted octanol–water partition coefficient (Wildman–Crippen LogP) is 0.758. The number of ether oxygens (including phenoxy) is 2. The summed E-state index contributed by atoms with van der Waals surface area (Å²) in [5, 5.41) is 14.6. The fourth-order valence-electron chi connectivity index (χ4n) is 2.07. The molecule has 1 aromatic heterocycles. The van der Waals surface area contributed by atoms with E-state index in [4.69, 9.17) is 9.47 Å². The lowest BCUT2D eigenvalue weighted by Crippen LogP contribution is -2.33. The standard InChI is InChI=1S/C14H22N2O5/c1-5-10-9(8-16(4)15-10)12(17)11(13(18)20-6-2)14(19)21-7-3/h8,11-12,17H,5-7H2,1-4H3. The van der Waals surface area contributed by atoms with E-state index in [-0.39, 0.29) is 13.2 Å². The first-order valence-corrected chi connectivity index (χ1v) is 6.99. The third kappa shape index (κ3) is 4.04. The largest absolute Gasteiger partial charge is 0.465 e. The van der Waals surface area contributed by atoms with Crippen molar-refractivity contribution in [1.82, 2.24) is 9.78 Å². The molecule has 0 aromatic carbocycles. The Morgan fingerprint density at radius 2 is 1.76 bits per heavy atom. The number of esters is 2. The van der Waals surface area contributed by atoms with Crippen LogP contribution in [-0.2, 0) is 32.5 Å². The van der Waals surface area contributed by atoms with Crippen molar-refractivity contribution >= 4 is 11.9 Å². The first kappa shape index (κ1) is 17.2. The Hall–Kier alpha value is -1.89. The van der Waals surface area contributed by atoms with Gasteiger partial charge in [-0.05, 0) is 20.3 Å². The maximum atomic E-state index is 12.0. The van der Waals surface area contributed by atoms with Gasteiger partial charge in [-0.15, -0.1) is 0 Å². The summed E-state index contributed by atoms with van der Waals surface area (Å²) in [6.45, 7) is 5.38. The fourth-order valence-corrected chi connectivity index (χ4v) is 2.07. The topological polar surface area (TPSA) is 90.7 Å². The maximum Gasteiger partial charge on any atom is 0.323 e. The number of aromatic nitrogens is 2. The normalized spacial score (nSPS) is 12.3. The van der Waals surface area contributed by atoms with Crippen LogP contribution in [0.5, 0.6) is 0 Å². The molecule has 0 aliphatic heterocycles. The molecule has 0 saturated carbocycles. The summed E-state index contributed by atoms with van der Waals surface area (Å²) in [7, 11) is 1.71. The summed E-state index contributed by atoms with van der Waals surface area (Å²) in [4.78, 5) is 23.9. The SMILES string of the molecule is CCOC(=O)C(C(=O)OCC)C(O)c1cn(C)nc1CC. The highest BCUT2D eigenvalue weighted by Gasteiger charge is 2.39. The van der Waals surface area contributed by atoms with Gasteiger partial charge >= 0.3 is 11.9 Å².